The quantitative estimate of drug-likeness (QED) is 0.129. The Labute approximate surface area is 216 Å². The number of alkyl halides is 1. The third-order valence-corrected chi connectivity index (χ3v) is 6.65. The monoisotopic (exact) mass is 489 g/mol. The molecule has 0 spiro atoms. The molecular weight excluding hydrogens is 449 g/mol. The molecule has 1 heterocycles. The van der Waals surface area contributed by atoms with Crippen molar-refractivity contribution in [3.8, 4) is 28.1 Å². The summed E-state index contributed by atoms with van der Waals surface area (Å²) in [5.41, 5.74) is 3.26. The zero-order chi connectivity index (χ0) is 25.8. The minimum atomic E-state index is -1.98. The second-order valence-corrected chi connectivity index (χ2v) is 9.83. The molecule has 2 aromatic carbocycles. The Bertz CT molecular complexity index is 1070. The number of esters is 1. The molecule has 0 aliphatic rings. The van der Waals surface area contributed by atoms with Crippen LogP contribution >= 0.6 is 0 Å². The molecule has 0 bridgehead atoms. The summed E-state index contributed by atoms with van der Waals surface area (Å²) in [7, 11) is 0. The van der Waals surface area contributed by atoms with Crippen LogP contribution < -0.4 is 4.74 Å². The molecule has 0 fully saturated rings. The van der Waals surface area contributed by atoms with Gasteiger partial charge in [-0.1, -0.05) is 94.8 Å². The van der Waals surface area contributed by atoms with Gasteiger partial charge in [-0.05, 0) is 67.5 Å². The average Bonchev–Trinajstić information content (AvgIpc) is 2.90. The van der Waals surface area contributed by atoms with Crippen molar-refractivity contribution in [3.05, 3.63) is 72.4 Å². The highest BCUT2D eigenvalue weighted by Gasteiger charge is 2.34. The number of hydrogen-bond donors (Lipinski definition) is 0. The Balaban J connectivity index is 1.64. The number of ether oxygens (including phenoxy) is 1. The summed E-state index contributed by atoms with van der Waals surface area (Å²) in [5.74, 6) is -0.469. The van der Waals surface area contributed by atoms with E-state index in [2.05, 4.69) is 38.1 Å². The zero-order valence-corrected chi connectivity index (χ0v) is 22.1. The maximum absolute atomic E-state index is 14.9. The molecule has 1 unspecified atom stereocenters. The lowest BCUT2D eigenvalue weighted by atomic mass is 9.97. The van der Waals surface area contributed by atoms with Crippen LogP contribution in [-0.4, -0.2) is 16.6 Å². The Hall–Kier alpha value is -3.01. The number of halogens is 1. The molecule has 3 nitrogen and oxygen atoms in total. The molecule has 0 aliphatic carbocycles. The van der Waals surface area contributed by atoms with E-state index < -0.39 is 11.6 Å². The molecule has 0 aliphatic heterocycles. The number of aryl methyl sites for hydroxylation is 1. The number of carbonyl (C=O) groups is 1. The van der Waals surface area contributed by atoms with Gasteiger partial charge in [-0.15, -0.1) is 0 Å². The van der Waals surface area contributed by atoms with Gasteiger partial charge in [0.25, 0.3) is 0 Å². The van der Waals surface area contributed by atoms with Gasteiger partial charge in [-0.25, -0.2) is 9.18 Å². The summed E-state index contributed by atoms with van der Waals surface area (Å²) < 4.78 is 20.3. The number of nitrogens with zero attached hydrogens (tertiary/aromatic N) is 1. The normalized spacial score (nSPS) is 12.8. The van der Waals surface area contributed by atoms with Gasteiger partial charge in [0.05, 0.1) is 5.69 Å². The molecule has 4 heteroatoms. The van der Waals surface area contributed by atoms with Gasteiger partial charge in [-0.2, -0.15) is 0 Å². The van der Waals surface area contributed by atoms with Crippen LogP contribution in [0.15, 0.2) is 66.9 Å². The third-order valence-electron chi connectivity index (χ3n) is 6.65. The molecule has 3 aromatic rings. The Morgan fingerprint density at radius 1 is 0.833 bits per heavy atom. The first kappa shape index (κ1) is 27.6. The van der Waals surface area contributed by atoms with Crippen LogP contribution in [0.5, 0.6) is 5.75 Å². The molecular formula is C32H40FNO2. The van der Waals surface area contributed by atoms with E-state index in [0.29, 0.717) is 12.2 Å². The van der Waals surface area contributed by atoms with E-state index in [1.165, 1.54) is 38.2 Å². The van der Waals surface area contributed by atoms with Crippen molar-refractivity contribution >= 4 is 5.97 Å². The standard InChI is InChI=1S/C32H40FNO2/c1-4-6-8-9-10-13-23-32(3,33)31(35)36-27-20-18-26(19-21-27)28-15-11-12-16-29(28)30-22-17-25(24-34-30)14-7-5-2/h11-12,15-22,24H,4-10,13-14,23H2,1-3H3. The van der Waals surface area contributed by atoms with Crippen LogP contribution in [0.25, 0.3) is 22.4 Å². The number of rotatable bonds is 14. The molecule has 0 saturated carbocycles. The number of pyridine rings is 1. The van der Waals surface area contributed by atoms with Crippen LogP contribution in [0, 0.1) is 0 Å². The maximum atomic E-state index is 14.9. The maximum Gasteiger partial charge on any atom is 0.348 e. The summed E-state index contributed by atoms with van der Waals surface area (Å²) in [6.45, 7) is 5.69. The molecule has 0 amide bonds. The first-order chi connectivity index (χ1) is 17.4. The SMILES string of the molecule is CCCCCCCCC(C)(F)C(=O)Oc1ccc(-c2ccccc2-c2ccc(CCCC)cn2)cc1. The molecule has 0 N–H and O–H groups in total. The first-order valence-corrected chi connectivity index (χ1v) is 13.5. The second-order valence-electron chi connectivity index (χ2n) is 9.83. The first-order valence-electron chi connectivity index (χ1n) is 13.5. The Morgan fingerprint density at radius 3 is 2.17 bits per heavy atom. The van der Waals surface area contributed by atoms with Crippen molar-refractivity contribution in [3.63, 3.8) is 0 Å². The van der Waals surface area contributed by atoms with E-state index in [1.54, 1.807) is 12.1 Å². The molecule has 36 heavy (non-hydrogen) atoms. The van der Waals surface area contributed by atoms with Crippen LogP contribution in [0.3, 0.4) is 0 Å². The summed E-state index contributed by atoms with van der Waals surface area (Å²) in [6.07, 6.45) is 11.8. The molecule has 3 rings (SSSR count). The second kappa shape index (κ2) is 13.9. The van der Waals surface area contributed by atoms with Gasteiger partial charge in [0, 0.05) is 11.8 Å². The van der Waals surface area contributed by atoms with Gasteiger partial charge < -0.3 is 4.74 Å². The minimum Gasteiger partial charge on any atom is -0.424 e. The smallest absolute Gasteiger partial charge is 0.348 e. The summed E-state index contributed by atoms with van der Waals surface area (Å²) in [6, 6.07) is 19.6. The van der Waals surface area contributed by atoms with Crippen molar-refractivity contribution in [1.29, 1.82) is 0 Å². The minimum absolute atomic E-state index is 0.188. The number of benzene rings is 2. The summed E-state index contributed by atoms with van der Waals surface area (Å²) in [4.78, 5) is 17.2. The van der Waals surface area contributed by atoms with E-state index in [4.69, 9.17) is 9.72 Å². The fourth-order valence-electron chi connectivity index (χ4n) is 4.33. The molecule has 1 atom stereocenters. The highest BCUT2D eigenvalue weighted by atomic mass is 19.1. The third kappa shape index (κ3) is 8.01. The van der Waals surface area contributed by atoms with Crippen molar-refractivity contribution < 1.29 is 13.9 Å². The van der Waals surface area contributed by atoms with Crippen molar-refractivity contribution in [2.24, 2.45) is 0 Å². The molecule has 192 valence electrons. The van der Waals surface area contributed by atoms with E-state index in [1.807, 2.05) is 30.5 Å². The van der Waals surface area contributed by atoms with Crippen LogP contribution in [-0.2, 0) is 11.2 Å². The van der Waals surface area contributed by atoms with Gasteiger partial charge in [0.2, 0.25) is 5.67 Å². The van der Waals surface area contributed by atoms with E-state index in [0.717, 1.165) is 48.1 Å². The number of carbonyl (C=O) groups excluding carboxylic acids is 1. The topological polar surface area (TPSA) is 39.2 Å². The van der Waals surface area contributed by atoms with Gasteiger partial charge in [0.15, 0.2) is 0 Å². The predicted octanol–water partition coefficient (Wildman–Crippen LogP) is 9.14. The van der Waals surface area contributed by atoms with E-state index in [9.17, 15) is 9.18 Å². The summed E-state index contributed by atoms with van der Waals surface area (Å²) in [5, 5.41) is 0. The highest BCUT2D eigenvalue weighted by Crippen LogP contribution is 2.32. The Morgan fingerprint density at radius 2 is 1.50 bits per heavy atom. The molecule has 0 saturated heterocycles. The predicted molar refractivity (Wildman–Crippen MR) is 147 cm³/mol. The molecule has 1 aromatic heterocycles. The number of unbranched alkanes of at least 4 members (excludes halogenated alkanes) is 6. The zero-order valence-electron chi connectivity index (χ0n) is 22.1. The van der Waals surface area contributed by atoms with Gasteiger partial charge in [-0.3, -0.25) is 4.98 Å². The highest BCUT2D eigenvalue weighted by molar-refractivity contribution is 5.83. The van der Waals surface area contributed by atoms with E-state index >= 15 is 0 Å². The van der Waals surface area contributed by atoms with Crippen molar-refractivity contribution in [2.75, 3.05) is 0 Å². The lowest BCUT2D eigenvalue weighted by molar-refractivity contribution is -0.147. The molecule has 0 radical (unpaired) electrons. The van der Waals surface area contributed by atoms with Crippen LogP contribution in [0.2, 0.25) is 0 Å². The lowest BCUT2D eigenvalue weighted by Crippen LogP contribution is -2.34. The fraction of sp³-hybridized carbons (Fsp3) is 0.438. The Kier molecular flexibility index (Phi) is 10.7. The van der Waals surface area contributed by atoms with Gasteiger partial charge in [0.1, 0.15) is 5.75 Å². The fourth-order valence-corrected chi connectivity index (χ4v) is 4.33. The number of aromatic nitrogens is 1. The van der Waals surface area contributed by atoms with Crippen molar-refractivity contribution in [2.45, 2.75) is 90.6 Å². The van der Waals surface area contributed by atoms with Gasteiger partial charge >= 0.3 is 5.97 Å². The average molecular weight is 490 g/mol. The van der Waals surface area contributed by atoms with Crippen LogP contribution in [0.1, 0.15) is 84.1 Å². The van der Waals surface area contributed by atoms with Crippen molar-refractivity contribution in [1.82, 2.24) is 4.98 Å². The largest absolute Gasteiger partial charge is 0.424 e. The van der Waals surface area contributed by atoms with Crippen LogP contribution in [0.4, 0.5) is 4.39 Å². The number of hydrogen-bond acceptors (Lipinski definition) is 3. The lowest BCUT2D eigenvalue weighted by Gasteiger charge is -2.18. The summed E-state index contributed by atoms with van der Waals surface area (Å²) >= 11 is 0. The van der Waals surface area contributed by atoms with E-state index in [-0.39, 0.29) is 6.42 Å².